The number of fused-ring (bicyclic) bond motifs is 1. The van der Waals surface area contributed by atoms with Crippen LogP contribution < -0.4 is 10.5 Å². The Bertz CT molecular complexity index is 663. The smallest absolute Gasteiger partial charge is 0.136 e. The molecule has 2 heterocycles. The third-order valence-corrected chi connectivity index (χ3v) is 5.02. The number of ether oxygens (including phenoxy) is 1. The molecule has 0 spiro atoms. The van der Waals surface area contributed by atoms with E-state index >= 15 is 0 Å². The van der Waals surface area contributed by atoms with Crippen molar-refractivity contribution in [3.63, 3.8) is 0 Å². The Balaban J connectivity index is 2.15. The number of halogens is 1. The van der Waals surface area contributed by atoms with Gasteiger partial charge in [0.1, 0.15) is 17.2 Å². The van der Waals surface area contributed by atoms with Gasteiger partial charge in [-0.3, -0.25) is 0 Å². The van der Waals surface area contributed by atoms with Gasteiger partial charge in [0, 0.05) is 12.0 Å². The second-order valence-electron chi connectivity index (χ2n) is 5.85. The van der Waals surface area contributed by atoms with Gasteiger partial charge in [0.15, 0.2) is 0 Å². The Morgan fingerprint density at radius 3 is 2.75 bits per heavy atom. The molecule has 0 saturated carbocycles. The SMILES string of the molecule is Cc1nn(C2CC(C)(C)Oc3ccccc32)c(N)c1I. The van der Waals surface area contributed by atoms with E-state index in [2.05, 4.69) is 47.6 Å². The highest BCUT2D eigenvalue weighted by atomic mass is 127. The lowest BCUT2D eigenvalue weighted by atomic mass is 9.90. The summed E-state index contributed by atoms with van der Waals surface area (Å²) in [5.74, 6) is 1.66. The number of nitrogens with zero attached hydrogens (tertiary/aromatic N) is 2. The van der Waals surface area contributed by atoms with Crippen molar-refractivity contribution in [1.82, 2.24) is 9.78 Å². The van der Waals surface area contributed by atoms with Gasteiger partial charge in [-0.05, 0) is 49.4 Å². The van der Waals surface area contributed by atoms with Gasteiger partial charge in [0.2, 0.25) is 0 Å². The van der Waals surface area contributed by atoms with Crippen LogP contribution >= 0.6 is 22.6 Å². The van der Waals surface area contributed by atoms with Crippen molar-refractivity contribution >= 4 is 28.4 Å². The molecule has 1 atom stereocenters. The molecule has 0 amide bonds. The van der Waals surface area contributed by atoms with Crippen molar-refractivity contribution in [2.45, 2.75) is 38.8 Å². The molecule has 2 N–H and O–H groups in total. The van der Waals surface area contributed by atoms with E-state index in [0.29, 0.717) is 0 Å². The van der Waals surface area contributed by atoms with Gasteiger partial charge < -0.3 is 10.5 Å². The maximum absolute atomic E-state index is 6.23. The molecule has 3 rings (SSSR count). The van der Waals surface area contributed by atoms with Crippen LogP contribution in [0.15, 0.2) is 24.3 Å². The predicted molar refractivity (Wildman–Crippen MR) is 88.0 cm³/mol. The molecule has 1 aromatic carbocycles. The van der Waals surface area contributed by atoms with E-state index in [-0.39, 0.29) is 11.6 Å². The molecule has 1 unspecified atom stereocenters. The van der Waals surface area contributed by atoms with Crippen LogP contribution in [0, 0.1) is 10.5 Å². The number of nitrogen functional groups attached to an aromatic ring is 1. The van der Waals surface area contributed by atoms with Crippen LogP contribution in [0.3, 0.4) is 0 Å². The standard InChI is InChI=1S/C15H18IN3O/c1-9-13(16)14(17)19(18-9)11-8-15(2,3)20-12-7-5-4-6-10(11)12/h4-7,11H,8,17H2,1-3H3. The molecule has 1 aliphatic rings. The van der Waals surface area contributed by atoms with Crippen LogP contribution in [-0.2, 0) is 0 Å². The van der Waals surface area contributed by atoms with Gasteiger partial charge in [-0.25, -0.2) is 4.68 Å². The summed E-state index contributed by atoms with van der Waals surface area (Å²) in [6.45, 7) is 6.20. The molecular weight excluding hydrogens is 365 g/mol. The molecular formula is C15H18IN3O. The first-order valence-corrected chi connectivity index (χ1v) is 7.75. The second kappa shape index (κ2) is 4.65. The van der Waals surface area contributed by atoms with E-state index < -0.39 is 0 Å². The Kier molecular flexibility index (Phi) is 3.19. The van der Waals surface area contributed by atoms with Gasteiger partial charge >= 0.3 is 0 Å². The predicted octanol–water partition coefficient (Wildman–Crippen LogP) is 3.53. The van der Waals surface area contributed by atoms with Gasteiger partial charge in [0.05, 0.1) is 15.3 Å². The number of rotatable bonds is 1. The van der Waals surface area contributed by atoms with Crippen molar-refractivity contribution in [3.8, 4) is 5.75 Å². The summed E-state index contributed by atoms with van der Waals surface area (Å²) in [6, 6.07) is 8.26. The Labute approximate surface area is 132 Å². The number of aromatic nitrogens is 2. The minimum absolute atomic E-state index is 0.122. The fourth-order valence-corrected chi connectivity index (χ4v) is 3.12. The van der Waals surface area contributed by atoms with Crippen LogP contribution in [0.2, 0.25) is 0 Å². The number of anilines is 1. The maximum Gasteiger partial charge on any atom is 0.136 e. The number of hydrogen-bond donors (Lipinski definition) is 1. The Morgan fingerprint density at radius 2 is 2.10 bits per heavy atom. The average Bonchev–Trinajstić information content (AvgIpc) is 2.64. The average molecular weight is 383 g/mol. The normalized spacial score (nSPS) is 20.3. The third-order valence-electron chi connectivity index (χ3n) is 3.69. The van der Waals surface area contributed by atoms with Gasteiger partial charge in [-0.15, -0.1) is 0 Å². The molecule has 4 nitrogen and oxygen atoms in total. The zero-order valence-electron chi connectivity index (χ0n) is 11.9. The minimum Gasteiger partial charge on any atom is -0.487 e. The summed E-state index contributed by atoms with van der Waals surface area (Å²) < 4.78 is 9.04. The first-order chi connectivity index (χ1) is 9.39. The summed E-state index contributed by atoms with van der Waals surface area (Å²) in [5.41, 5.74) is 8.13. The molecule has 5 heteroatoms. The molecule has 106 valence electrons. The zero-order valence-corrected chi connectivity index (χ0v) is 14.0. The zero-order chi connectivity index (χ0) is 14.5. The van der Waals surface area contributed by atoms with Crippen LogP contribution in [-0.4, -0.2) is 15.4 Å². The molecule has 1 aliphatic heterocycles. The molecule has 0 aliphatic carbocycles. The van der Waals surface area contributed by atoms with E-state index in [9.17, 15) is 0 Å². The monoisotopic (exact) mass is 383 g/mol. The van der Waals surface area contributed by atoms with Crippen molar-refractivity contribution in [2.24, 2.45) is 0 Å². The fourth-order valence-electron chi connectivity index (χ4n) is 2.76. The second-order valence-corrected chi connectivity index (χ2v) is 6.93. The van der Waals surface area contributed by atoms with Crippen molar-refractivity contribution in [3.05, 3.63) is 39.1 Å². The van der Waals surface area contributed by atoms with Gasteiger partial charge in [-0.1, -0.05) is 18.2 Å². The van der Waals surface area contributed by atoms with Crippen LogP contribution in [0.25, 0.3) is 0 Å². The lowest BCUT2D eigenvalue weighted by Gasteiger charge is -2.37. The first-order valence-electron chi connectivity index (χ1n) is 6.67. The third kappa shape index (κ3) is 2.17. The van der Waals surface area contributed by atoms with Crippen LogP contribution in [0.1, 0.15) is 37.6 Å². The van der Waals surface area contributed by atoms with Crippen molar-refractivity contribution < 1.29 is 4.74 Å². The lowest BCUT2D eigenvalue weighted by Crippen LogP contribution is -2.37. The molecule has 1 aromatic heterocycles. The van der Waals surface area contributed by atoms with Gasteiger partial charge in [0.25, 0.3) is 0 Å². The topological polar surface area (TPSA) is 53.1 Å². The highest BCUT2D eigenvalue weighted by Gasteiger charge is 2.36. The molecule has 0 bridgehead atoms. The number of para-hydroxylation sites is 1. The first kappa shape index (κ1) is 13.7. The lowest BCUT2D eigenvalue weighted by molar-refractivity contribution is 0.0652. The summed E-state index contributed by atoms with van der Waals surface area (Å²) in [4.78, 5) is 0. The highest BCUT2D eigenvalue weighted by molar-refractivity contribution is 14.1. The van der Waals surface area contributed by atoms with Gasteiger partial charge in [-0.2, -0.15) is 5.10 Å². The number of nitrogens with two attached hydrogens (primary N) is 1. The quantitative estimate of drug-likeness (QED) is 0.767. The maximum atomic E-state index is 6.23. The Morgan fingerprint density at radius 1 is 1.40 bits per heavy atom. The highest BCUT2D eigenvalue weighted by Crippen LogP contribution is 2.42. The van der Waals surface area contributed by atoms with E-state index in [1.54, 1.807) is 0 Å². The number of hydrogen-bond acceptors (Lipinski definition) is 3. The molecule has 2 aromatic rings. The molecule has 0 fully saturated rings. The van der Waals surface area contributed by atoms with Crippen LogP contribution in [0.5, 0.6) is 5.75 Å². The summed E-state index contributed by atoms with van der Waals surface area (Å²) >= 11 is 2.25. The molecule has 0 saturated heterocycles. The molecule has 0 radical (unpaired) electrons. The van der Waals surface area contributed by atoms with E-state index in [0.717, 1.165) is 32.8 Å². The van der Waals surface area contributed by atoms with Crippen molar-refractivity contribution in [1.29, 1.82) is 0 Å². The van der Waals surface area contributed by atoms with Crippen molar-refractivity contribution in [2.75, 3.05) is 5.73 Å². The fraction of sp³-hybridized carbons (Fsp3) is 0.400. The summed E-state index contributed by atoms with van der Waals surface area (Å²) in [6.07, 6.45) is 0.853. The molecule has 20 heavy (non-hydrogen) atoms. The van der Waals surface area contributed by atoms with E-state index in [4.69, 9.17) is 10.5 Å². The Hall–Kier alpha value is -1.24. The summed E-state index contributed by atoms with van der Waals surface area (Å²) in [7, 11) is 0. The number of aryl methyl sites for hydroxylation is 1. The van der Waals surface area contributed by atoms with E-state index in [1.165, 1.54) is 0 Å². The summed E-state index contributed by atoms with van der Waals surface area (Å²) in [5, 5.41) is 4.63. The largest absolute Gasteiger partial charge is 0.487 e. The number of benzene rings is 1. The van der Waals surface area contributed by atoms with E-state index in [1.807, 2.05) is 29.8 Å². The van der Waals surface area contributed by atoms with Crippen LogP contribution in [0.4, 0.5) is 5.82 Å². The minimum atomic E-state index is -0.225.